The van der Waals surface area contributed by atoms with Gasteiger partial charge in [-0.3, -0.25) is 4.90 Å². The van der Waals surface area contributed by atoms with Crippen molar-refractivity contribution in [3.63, 3.8) is 0 Å². The van der Waals surface area contributed by atoms with Gasteiger partial charge in [-0.2, -0.15) is 0 Å². The van der Waals surface area contributed by atoms with Crippen LogP contribution in [0.1, 0.15) is 65.7 Å². The summed E-state index contributed by atoms with van der Waals surface area (Å²) in [6.07, 6.45) is 6.83. The first-order valence-electron chi connectivity index (χ1n) is 12.3. The average molecular weight is 463 g/mol. The highest BCUT2D eigenvalue weighted by molar-refractivity contribution is 5.88. The highest BCUT2D eigenvalue weighted by Crippen LogP contribution is 2.55. The molecule has 1 spiro atoms. The van der Waals surface area contributed by atoms with E-state index in [1.807, 2.05) is 18.3 Å². The maximum absolute atomic E-state index is 11.4. The number of carboxylic acid groups (broad SMARTS) is 1. The first-order valence-corrected chi connectivity index (χ1v) is 12.3. The molecule has 0 bridgehead atoms. The van der Waals surface area contributed by atoms with E-state index in [0.29, 0.717) is 17.1 Å². The zero-order chi connectivity index (χ0) is 23.9. The van der Waals surface area contributed by atoms with E-state index in [4.69, 9.17) is 9.47 Å². The fraction of sp³-hybridized carbons (Fsp3) is 0.464. The summed E-state index contributed by atoms with van der Waals surface area (Å²) >= 11 is 0. The number of ether oxygens (including phenoxy) is 2. The lowest BCUT2D eigenvalue weighted by atomic mass is 9.59. The number of carboxylic acids is 1. The Labute approximate surface area is 200 Å². The minimum Gasteiger partial charge on any atom is -0.496 e. The van der Waals surface area contributed by atoms with E-state index < -0.39 is 5.97 Å². The monoisotopic (exact) mass is 462 g/mol. The molecule has 6 heteroatoms. The second-order valence-electron chi connectivity index (χ2n) is 9.99. The molecule has 3 aromatic rings. The number of likely N-dealkylation sites (tertiary alicyclic amines) is 1. The minimum atomic E-state index is -0.888. The second-order valence-corrected chi connectivity index (χ2v) is 9.99. The maximum atomic E-state index is 11.4. The SMILES string of the molecule is CCOC1CC2(CCN(Cc3c(OC)cc(C)c4[nH]ccc34)C(c3ccc(C(=O)O)cc3)C2)C1. The number of aromatic carboxylic acids is 1. The molecule has 1 aliphatic heterocycles. The molecule has 34 heavy (non-hydrogen) atoms. The number of rotatable bonds is 7. The summed E-state index contributed by atoms with van der Waals surface area (Å²) in [5.41, 5.74) is 5.36. The summed E-state index contributed by atoms with van der Waals surface area (Å²) in [6.45, 7) is 6.72. The van der Waals surface area contributed by atoms with Gasteiger partial charge in [-0.15, -0.1) is 0 Å². The van der Waals surface area contributed by atoms with Gasteiger partial charge in [0.2, 0.25) is 0 Å². The first kappa shape index (κ1) is 22.9. The number of carbonyl (C=O) groups is 1. The van der Waals surface area contributed by atoms with Gasteiger partial charge < -0.3 is 19.6 Å². The van der Waals surface area contributed by atoms with Crippen LogP contribution < -0.4 is 4.74 Å². The van der Waals surface area contributed by atoms with Crippen molar-refractivity contribution in [3.05, 3.63) is 64.8 Å². The molecular formula is C28H34N2O4. The Balaban J connectivity index is 1.47. The van der Waals surface area contributed by atoms with Gasteiger partial charge >= 0.3 is 5.97 Å². The molecule has 0 amide bonds. The van der Waals surface area contributed by atoms with Crippen LogP contribution in [0.4, 0.5) is 0 Å². The van der Waals surface area contributed by atoms with Gasteiger partial charge in [0.25, 0.3) is 0 Å². The predicted molar refractivity (Wildman–Crippen MR) is 132 cm³/mol. The van der Waals surface area contributed by atoms with Crippen LogP contribution in [0.5, 0.6) is 5.75 Å². The molecular weight excluding hydrogens is 428 g/mol. The summed E-state index contributed by atoms with van der Waals surface area (Å²) in [6, 6.07) is 11.9. The fourth-order valence-corrected chi connectivity index (χ4v) is 6.16. The van der Waals surface area contributed by atoms with Gasteiger partial charge in [0.1, 0.15) is 5.75 Å². The molecule has 2 aliphatic rings. The van der Waals surface area contributed by atoms with Crippen LogP contribution in [-0.4, -0.2) is 47.3 Å². The van der Waals surface area contributed by atoms with Crippen LogP contribution in [0.2, 0.25) is 0 Å². The molecule has 2 heterocycles. The highest BCUT2D eigenvalue weighted by atomic mass is 16.5. The molecule has 2 fully saturated rings. The van der Waals surface area contributed by atoms with Gasteiger partial charge in [0.15, 0.2) is 0 Å². The van der Waals surface area contributed by atoms with E-state index >= 15 is 0 Å². The van der Waals surface area contributed by atoms with Crippen molar-refractivity contribution in [2.24, 2.45) is 5.41 Å². The van der Waals surface area contributed by atoms with Crippen LogP contribution in [0.3, 0.4) is 0 Å². The molecule has 0 radical (unpaired) electrons. The van der Waals surface area contributed by atoms with Gasteiger partial charge in [-0.05, 0) is 86.9 Å². The number of hydrogen-bond donors (Lipinski definition) is 2. The van der Waals surface area contributed by atoms with Crippen LogP contribution >= 0.6 is 0 Å². The molecule has 2 aromatic carbocycles. The molecule has 1 atom stereocenters. The number of hydrogen-bond acceptors (Lipinski definition) is 4. The molecule has 6 nitrogen and oxygen atoms in total. The third kappa shape index (κ3) is 4.10. The van der Waals surface area contributed by atoms with Crippen LogP contribution in [-0.2, 0) is 11.3 Å². The predicted octanol–water partition coefficient (Wildman–Crippen LogP) is 5.71. The Morgan fingerprint density at radius 1 is 1.21 bits per heavy atom. The van der Waals surface area contributed by atoms with E-state index in [0.717, 1.165) is 56.6 Å². The van der Waals surface area contributed by atoms with Crippen molar-refractivity contribution < 1.29 is 19.4 Å². The number of aromatic nitrogens is 1. The molecule has 1 aliphatic carbocycles. The number of benzene rings is 2. The van der Waals surface area contributed by atoms with Crippen molar-refractivity contribution in [3.8, 4) is 5.75 Å². The van der Waals surface area contributed by atoms with Crippen molar-refractivity contribution in [2.75, 3.05) is 20.3 Å². The smallest absolute Gasteiger partial charge is 0.335 e. The number of piperidine rings is 1. The number of aryl methyl sites for hydroxylation is 1. The average Bonchev–Trinajstić information content (AvgIpc) is 3.31. The summed E-state index contributed by atoms with van der Waals surface area (Å²) in [5.74, 6) is 0.0335. The van der Waals surface area contributed by atoms with Gasteiger partial charge in [0, 0.05) is 41.9 Å². The number of methoxy groups -OCH3 is 1. The molecule has 1 unspecified atom stereocenters. The van der Waals surface area contributed by atoms with Crippen LogP contribution in [0, 0.1) is 12.3 Å². The van der Waals surface area contributed by atoms with Gasteiger partial charge in [-0.25, -0.2) is 4.79 Å². The zero-order valence-corrected chi connectivity index (χ0v) is 20.3. The van der Waals surface area contributed by atoms with E-state index in [1.54, 1.807) is 19.2 Å². The number of nitrogens with one attached hydrogen (secondary N) is 1. The van der Waals surface area contributed by atoms with E-state index in [-0.39, 0.29) is 6.04 Å². The lowest BCUT2D eigenvalue weighted by molar-refractivity contribution is -0.115. The minimum absolute atomic E-state index is 0.221. The molecule has 2 N–H and O–H groups in total. The normalized spacial score (nSPS) is 24.9. The van der Waals surface area contributed by atoms with Crippen molar-refractivity contribution in [1.29, 1.82) is 0 Å². The van der Waals surface area contributed by atoms with Gasteiger partial charge in [0.05, 0.1) is 18.8 Å². The van der Waals surface area contributed by atoms with E-state index in [1.165, 1.54) is 22.1 Å². The summed E-state index contributed by atoms with van der Waals surface area (Å²) in [7, 11) is 1.74. The molecule has 1 saturated carbocycles. The topological polar surface area (TPSA) is 74.8 Å². The van der Waals surface area contributed by atoms with E-state index in [9.17, 15) is 9.90 Å². The van der Waals surface area contributed by atoms with Crippen molar-refractivity contribution in [2.45, 2.75) is 58.2 Å². The van der Waals surface area contributed by atoms with Crippen molar-refractivity contribution in [1.82, 2.24) is 9.88 Å². The number of aromatic amines is 1. The number of H-pyrrole nitrogens is 1. The summed E-state index contributed by atoms with van der Waals surface area (Å²) in [5, 5.41) is 10.6. The summed E-state index contributed by atoms with van der Waals surface area (Å²) < 4.78 is 11.7. The lowest BCUT2D eigenvalue weighted by Gasteiger charge is -2.55. The molecule has 180 valence electrons. The number of nitrogens with zero attached hydrogens (tertiary/aromatic N) is 1. The third-order valence-corrected chi connectivity index (χ3v) is 7.96. The molecule has 1 saturated heterocycles. The Hall–Kier alpha value is -2.83. The Morgan fingerprint density at radius 2 is 1.97 bits per heavy atom. The maximum Gasteiger partial charge on any atom is 0.335 e. The highest BCUT2D eigenvalue weighted by Gasteiger charge is 2.49. The standard InChI is InChI=1S/C28H34N2O4/c1-4-34-21-14-28(15-21)10-12-30(24(16-28)19-5-7-20(8-6-19)27(31)32)17-23-22-9-11-29-26(22)18(2)13-25(23)33-3/h5-9,11,13,21,24,29H,4,10,12,14-17H2,1-3H3,(H,31,32). The Bertz CT molecular complexity index is 1180. The van der Waals surface area contributed by atoms with Gasteiger partial charge in [-0.1, -0.05) is 12.1 Å². The zero-order valence-electron chi connectivity index (χ0n) is 20.3. The fourth-order valence-electron chi connectivity index (χ4n) is 6.16. The second kappa shape index (κ2) is 9.08. The largest absolute Gasteiger partial charge is 0.496 e. The van der Waals surface area contributed by atoms with Crippen LogP contribution in [0.25, 0.3) is 10.9 Å². The lowest BCUT2D eigenvalue weighted by Crippen LogP contribution is -2.50. The third-order valence-electron chi connectivity index (χ3n) is 7.96. The quantitative estimate of drug-likeness (QED) is 0.471. The molecule has 5 rings (SSSR count). The first-order chi connectivity index (χ1) is 16.4. The molecule has 1 aromatic heterocycles. The van der Waals surface area contributed by atoms with E-state index in [2.05, 4.69) is 35.9 Å². The van der Waals surface area contributed by atoms with Crippen LogP contribution in [0.15, 0.2) is 42.6 Å². The Morgan fingerprint density at radius 3 is 2.65 bits per heavy atom. The van der Waals surface area contributed by atoms with Crippen molar-refractivity contribution >= 4 is 16.9 Å². The summed E-state index contributed by atoms with van der Waals surface area (Å²) in [4.78, 5) is 17.3. The Kier molecular flexibility index (Phi) is 6.13. The number of fused-ring (bicyclic) bond motifs is 1.